The lowest BCUT2D eigenvalue weighted by Gasteiger charge is -2.00. The Morgan fingerprint density at radius 2 is 2.24 bits per heavy atom. The number of carbonyl (C=O) groups is 1. The molecule has 0 amide bonds. The van der Waals surface area contributed by atoms with E-state index >= 15 is 0 Å². The second kappa shape index (κ2) is 4.28. The molecule has 8 heteroatoms. The molecule has 0 unspecified atom stereocenters. The molecule has 0 bridgehead atoms. The third-order valence-corrected chi connectivity index (χ3v) is 2.79. The van der Waals surface area contributed by atoms with Gasteiger partial charge in [-0.1, -0.05) is 11.3 Å². The SMILES string of the molecule is O=C(c1cn(Cc2cccs2)nn1)C(F)(F)F. The molecule has 0 aliphatic heterocycles. The predicted octanol–water partition coefficient (Wildman–Crippen LogP) is 2.13. The number of hydrogen-bond donors (Lipinski definition) is 0. The van der Waals surface area contributed by atoms with Crippen LogP contribution in [-0.4, -0.2) is 27.0 Å². The Hall–Kier alpha value is -1.70. The van der Waals surface area contributed by atoms with Crippen LogP contribution < -0.4 is 0 Å². The van der Waals surface area contributed by atoms with Gasteiger partial charge in [0.2, 0.25) is 0 Å². The van der Waals surface area contributed by atoms with E-state index in [1.807, 2.05) is 17.5 Å². The zero-order valence-electron chi connectivity index (χ0n) is 8.31. The van der Waals surface area contributed by atoms with E-state index in [0.717, 1.165) is 11.1 Å². The fourth-order valence-corrected chi connectivity index (χ4v) is 1.88. The van der Waals surface area contributed by atoms with E-state index < -0.39 is 17.7 Å². The Morgan fingerprint density at radius 3 is 2.82 bits per heavy atom. The van der Waals surface area contributed by atoms with Crippen LogP contribution >= 0.6 is 11.3 Å². The molecular formula is C9H6F3N3OS. The minimum atomic E-state index is -4.91. The van der Waals surface area contributed by atoms with Crippen molar-refractivity contribution in [3.05, 3.63) is 34.3 Å². The van der Waals surface area contributed by atoms with Gasteiger partial charge in [0.15, 0.2) is 5.69 Å². The first-order valence-electron chi connectivity index (χ1n) is 4.51. The summed E-state index contributed by atoms with van der Waals surface area (Å²) in [6.45, 7) is 0.301. The molecule has 2 aromatic heterocycles. The summed E-state index contributed by atoms with van der Waals surface area (Å²) in [5, 5.41) is 8.53. The van der Waals surface area contributed by atoms with Crippen molar-refractivity contribution in [1.29, 1.82) is 0 Å². The number of hydrogen-bond acceptors (Lipinski definition) is 4. The van der Waals surface area contributed by atoms with Crippen LogP contribution in [0.2, 0.25) is 0 Å². The van der Waals surface area contributed by atoms with Crippen molar-refractivity contribution in [2.75, 3.05) is 0 Å². The predicted molar refractivity (Wildman–Crippen MR) is 53.8 cm³/mol. The van der Waals surface area contributed by atoms with Gasteiger partial charge in [-0.15, -0.1) is 16.4 Å². The fraction of sp³-hybridized carbons (Fsp3) is 0.222. The first kappa shape index (κ1) is 11.8. The van der Waals surface area contributed by atoms with Gasteiger partial charge in [-0.05, 0) is 11.4 Å². The van der Waals surface area contributed by atoms with Gasteiger partial charge < -0.3 is 0 Å². The Bertz CT molecular complexity index is 518. The topological polar surface area (TPSA) is 47.8 Å². The molecule has 0 spiro atoms. The lowest BCUT2D eigenvalue weighted by atomic mass is 10.3. The zero-order chi connectivity index (χ0) is 12.5. The molecule has 0 N–H and O–H groups in total. The summed E-state index contributed by atoms with van der Waals surface area (Å²) in [7, 11) is 0. The highest BCUT2D eigenvalue weighted by molar-refractivity contribution is 7.09. The van der Waals surface area contributed by atoms with Crippen molar-refractivity contribution in [2.45, 2.75) is 12.7 Å². The molecule has 2 heterocycles. The van der Waals surface area contributed by atoms with Gasteiger partial charge in [0, 0.05) is 4.88 Å². The van der Waals surface area contributed by atoms with E-state index in [-0.39, 0.29) is 0 Å². The maximum Gasteiger partial charge on any atom is 0.456 e. The number of nitrogens with zero attached hydrogens (tertiary/aromatic N) is 3. The molecule has 0 aliphatic carbocycles. The van der Waals surface area contributed by atoms with Crippen molar-refractivity contribution in [1.82, 2.24) is 15.0 Å². The van der Waals surface area contributed by atoms with Gasteiger partial charge in [-0.2, -0.15) is 13.2 Å². The Kier molecular flexibility index (Phi) is 2.97. The monoisotopic (exact) mass is 261 g/mol. The third kappa shape index (κ3) is 2.70. The van der Waals surface area contributed by atoms with Gasteiger partial charge in [-0.25, -0.2) is 4.68 Å². The average Bonchev–Trinajstić information content (AvgIpc) is 2.87. The standard InChI is InChI=1S/C9H6F3N3OS/c10-9(11,12)8(16)7-5-15(14-13-7)4-6-2-1-3-17-6/h1-3,5H,4H2. The van der Waals surface area contributed by atoms with Crippen LogP contribution in [0, 0.1) is 0 Å². The first-order chi connectivity index (χ1) is 7.97. The number of aromatic nitrogens is 3. The van der Waals surface area contributed by atoms with Crippen LogP contribution in [0.25, 0.3) is 0 Å². The normalized spacial score (nSPS) is 11.7. The second-order valence-corrected chi connectivity index (χ2v) is 4.24. The summed E-state index contributed by atoms with van der Waals surface area (Å²) < 4.78 is 37.5. The molecule has 0 aromatic carbocycles. The maximum absolute atomic E-state index is 12.1. The Balaban J connectivity index is 2.14. The first-order valence-corrected chi connectivity index (χ1v) is 5.39. The van der Waals surface area contributed by atoms with Gasteiger partial charge in [-0.3, -0.25) is 4.79 Å². The molecular weight excluding hydrogens is 255 g/mol. The Morgan fingerprint density at radius 1 is 1.47 bits per heavy atom. The summed E-state index contributed by atoms with van der Waals surface area (Å²) in [5.41, 5.74) is -0.686. The van der Waals surface area contributed by atoms with E-state index in [4.69, 9.17) is 0 Å². The number of Topliss-reactive ketones (excluding diaryl/α,β-unsaturated/α-hetero) is 1. The average molecular weight is 261 g/mol. The molecule has 2 aromatic rings. The molecule has 0 saturated heterocycles. The molecule has 0 radical (unpaired) electrons. The Labute approximate surface area is 97.7 Å². The minimum absolute atomic E-state index is 0.301. The van der Waals surface area contributed by atoms with Crippen molar-refractivity contribution in [3.8, 4) is 0 Å². The maximum atomic E-state index is 12.1. The van der Waals surface area contributed by atoms with Crippen LogP contribution in [-0.2, 0) is 6.54 Å². The van der Waals surface area contributed by atoms with Crippen LogP contribution in [0.1, 0.15) is 15.4 Å². The smallest absolute Gasteiger partial charge is 0.282 e. The lowest BCUT2D eigenvalue weighted by molar-refractivity contribution is -0.0888. The molecule has 0 fully saturated rings. The third-order valence-electron chi connectivity index (χ3n) is 1.93. The van der Waals surface area contributed by atoms with E-state index in [9.17, 15) is 18.0 Å². The quantitative estimate of drug-likeness (QED) is 0.795. The summed E-state index contributed by atoms with van der Waals surface area (Å²) in [5.74, 6) is -1.98. The van der Waals surface area contributed by atoms with Gasteiger partial charge in [0.25, 0.3) is 5.78 Å². The van der Waals surface area contributed by atoms with Gasteiger partial charge in [0.05, 0.1) is 12.7 Å². The van der Waals surface area contributed by atoms with Crippen LogP contribution in [0.5, 0.6) is 0 Å². The fourth-order valence-electron chi connectivity index (χ4n) is 1.19. The summed E-state index contributed by atoms with van der Waals surface area (Å²) in [4.78, 5) is 11.8. The summed E-state index contributed by atoms with van der Waals surface area (Å²) in [6, 6.07) is 3.64. The summed E-state index contributed by atoms with van der Waals surface area (Å²) in [6.07, 6.45) is -3.92. The highest BCUT2D eigenvalue weighted by Gasteiger charge is 2.41. The largest absolute Gasteiger partial charge is 0.456 e. The van der Waals surface area contributed by atoms with E-state index in [1.165, 1.54) is 16.0 Å². The van der Waals surface area contributed by atoms with Gasteiger partial charge >= 0.3 is 6.18 Å². The van der Waals surface area contributed by atoms with Crippen LogP contribution in [0.15, 0.2) is 23.7 Å². The molecule has 17 heavy (non-hydrogen) atoms. The second-order valence-electron chi connectivity index (χ2n) is 3.21. The summed E-state index contributed by atoms with van der Waals surface area (Å²) >= 11 is 1.45. The number of ketones is 1. The number of halogens is 3. The number of thiophene rings is 1. The molecule has 4 nitrogen and oxygen atoms in total. The number of rotatable bonds is 3. The lowest BCUT2D eigenvalue weighted by Crippen LogP contribution is -2.23. The minimum Gasteiger partial charge on any atom is -0.282 e. The van der Waals surface area contributed by atoms with E-state index in [2.05, 4.69) is 10.3 Å². The van der Waals surface area contributed by atoms with Crippen LogP contribution in [0.4, 0.5) is 13.2 Å². The number of alkyl halides is 3. The molecule has 0 aliphatic rings. The van der Waals surface area contributed by atoms with Gasteiger partial charge in [0.1, 0.15) is 0 Å². The van der Waals surface area contributed by atoms with Crippen molar-refractivity contribution < 1.29 is 18.0 Å². The molecule has 90 valence electrons. The molecule has 2 rings (SSSR count). The van der Waals surface area contributed by atoms with Crippen molar-refractivity contribution in [3.63, 3.8) is 0 Å². The van der Waals surface area contributed by atoms with E-state index in [1.54, 1.807) is 0 Å². The molecule has 0 atom stereocenters. The highest BCUT2D eigenvalue weighted by atomic mass is 32.1. The van der Waals surface area contributed by atoms with Crippen molar-refractivity contribution in [2.24, 2.45) is 0 Å². The van der Waals surface area contributed by atoms with E-state index in [0.29, 0.717) is 6.54 Å². The van der Waals surface area contributed by atoms with Crippen LogP contribution in [0.3, 0.4) is 0 Å². The number of carbonyl (C=O) groups excluding carboxylic acids is 1. The highest BCUT2D eigenvalue weighted by Crippen LogP contribution is 2.20. The zero-order valence-corrected chi connectivity index (χ0v) is 9.13. The molecule has 0 saturated carbocycles. The van der Waals surface area contributed by atoms with Crippen molar-refractivity contribution >= 4 is 17.1 Å².